The molecule has 3 nitrogen and oxygen atoms in total. The average Bonchev–Trinajstić information content (AvgIpc) is 2.95. The first kappa shape index (κ1) is 18.1. The van der Waals surface area contributed by atoms with E-state index in [9.17, 15) is 18.0 Å². The molecular weight excluding hydrogens is 365 g/mol. The largest absolute Gasteiger partial charge is 0.416 e. The number of fused-ring (bicyclic) bond motifs is 1. The number of nitrogens with zero attached hydrogens (tertiary/aromatic N) is 1. The molecule has 142 valence electrons. The van der Waals surface area contributed by atoms with Crippen LogP contribution in [0.2, 0.25) is 0 Å². The Morgan fingerprint density at radius 1 is 0.893 bits per heavy atom. The summed E-state index contributed by atoms with van der Waals surface area (Å²) in [7, 11) is 0. The van der Waals surface area contributed by atoms with Gasteiger partial charge >= 0.3 is 6.18 Å². The van der Waals surface area contributed by atoms with Gasteiger partial charge in [0.2, 0.25) is 0 Å². The topological polar surface area (TPSA) is 32.3 Å². The van der Waals surface area contributed by atoms with E-state index in [4.69, 9.17) is 0 Å². The highest BCUT2D eigenvalue weighted by atomic mass is 19.4. The first-order valence-electron chi connectivity index (χ1n) is 8.81. The lowest BCUT2D eigenvalue weighted by Crippen LogP contribution is -2.31. The normalized spacial score (nSPS) is 16.2. The fourth-order valence-electron chi connectivity index (χ4n) is 3.41. The Morgan fingerprint density at radius 3 is 2.36 bits per heavy atom. The lowest BCUT2D eigenvalue weighted by Gasteiger charge is -2.27. The molecule has 1 heterocycles. The van der Waals surface area contributed by atoms with Crippen LogP contribution >= 0.6 is 0 Å². The SMILES string of the molecule is O=C1c2ccccc2[C@H](Nc2cccc(C(F)(F)F)c2)N1Cc1ccccc1. The van der Waals surface area contributed by atoms with Crippen molar-refractivity contribution in [2.45, 2.75) is 18.9 Å². The lowest BCUT2D eigenvalue weighted by molar-refractivity contribution is -0.137. The van der Waals surface area contributed by atoms with E-state index in [1.807, 2.05) is 42.5 Å². The van der Waals surface area contributed by atoms with Crippen molar-refractivity contribution in [2.24, 2.45) is 0 Å². The summed E-state index contributed by atoms with van der Waals surface area (Å²) in [6.07, 6.45) is -4.97. The predicted molar refractivity (Wildman–Crippen MR) is 101 cm³/mol. The van der Waals surface area contributed by atoms with Crippen molar-refractivity contribution in [1.29, 1.82) is 0 Å². The molecule has 6 heteroatoms. The predicted octanol–water partition coefficient (Wildman–Crippen LogP) is 5.47. The smallest absolute Gasteiger partial charge is 0.361 e. The number of alkyl halides is 3. The summed E-state index contributed by atoms with van der Waals surface area (Å²) in [5, 5.41) is 3.12. The van der Waals surface area contributed by atoms with Gasteiger partial charge in [0.15, 0.2) is 0 Å². The highest BCUT2D eigenvalue weighted by Gasteiger charge is 2.37. The second kappa shape index (κ2) is 7.03. The Labute approximate surface area is 160 Å². The van der Waals surface area contributed by atoms with E-state index < -0.39 is 17.9 Å². The molecule has 3 aromatic rings. The van der Waals surface area contributed by atoms with Crippen molar-refractivity contribution in [3.8, 4) is 0 Å². The first-order valence-corrected chi connectivity index (χ1v) is 8.81. The van der Waals surface area contributed by atoms with Crippen LogP contribution in [0.5, 0.6) is 0 Å². The standard InChI is InChI=1S/C22H17F3N2O/c23-22(24,25)16-9-6-10-17(13-16)26-20-18-11-4-5-12-19(18)21(28)27(20)14-15-7-2-1-3-8-15/h1-13,20,26H,14H2/t20-/m1/s1. The molecule has 0 unspecified atom stereocenters. The molecule has 0 aromatic heterocycles. The maximum atomic E-state index is 13.1. The van der Waals surface area contributed by atoms with Gasteiger partial charge in [0.25, 0.3) is 5.91 Å². The van der Waals surface area contributed by atoms with Crippen molar-refractivity contribution in [3.63, 3.8) is 0 Å². The third-order valence-corrected chi connectivity index (χ3v) is 4.75. The van der Waals surface area contributed by atoms with Gasteiger partial charge in [0.05, 0.1) is 5.56 Å². The van der Waals surface area contributed by atoms with Crippen LogP contribution in [0.25, 0.3) is 0 Å². The molecule has 0 bridgehead atoms. The molecule has 1 N–H and O–H groups in total. The number of carbonyl (C=O) groups excluding carboxylic acids is 1. The number of halogens is 3. The van der Waals surface area contributed by atoms with E-state index in [2.05, 4.69) is 5.32 Å². The number of nitrogens with one attached hydrogen (secondary N) is 1. The Balaban J connectivity index is 1.69. The molecule has 1 atom stereocenters. The van der Waals surface area contributed by atoms with E-state index in [0.29, 0.717) is 17.8 Å². The molecule has 4 rings (SSSR count). The van der Waals surface area contributed by atoms with Crippen molar-refractivity contribution in [3.05, 3.63) is 101 Å². The molecule has 1 aliphatic rings. The van der Waals surface area contributed by atoms with Crippen LogP contribution in [0.15, 0.2) is 78.9 Å². The monoisotopic (exact) mass is 382 g/mol. The molecule has 0 saturated carbocycles. The molecule has 28 heavy (non-hydrogen) atoms. The molecule has 0 fully saturated rings. The molecule has 0 spiro atoms. The van der Waals surface area contributed by atoms with Gasteiger partial charge in [-0.05, 0) is 29.8 Å². The first-order chi connectivity index (χ1) is 13.4. The summed E-state index contributed by atoms with van der Waals surface area (Å²) in [6.45, 7) is 0.352. The molecular formula is C22H17F3N2O. The van der Waals surface area contributed by atoms with E-state index in [-0.39, 0.29) is 5.91 Å². The fraction of sp³-hybridized carbons (Fsp3) is 0.136. The van der Waals surface area contributed by atoms with E-state index in [0.717, 1.165) is 23.3 Å². The lowest BCUT2D eigenvalue weighted by atomic mass is 10.1. The van der Waals surface area contributed by atoms with E-state index in [1.54, 1.807) is 23.1 Å². The van der Waals surface area contributed by atoms with Crippen LogP contribution in [0, 0.1) is 0 Å². The highest BCUT2D eigenvalue weighted by Crippen LogP contribution is 2.37. The van der Waals surface area contributed by atoms with Crippen LogP contribution < -0.4 is 5.32 Å². The minimum Gasteiger partial charge on any atom is -0.361 e. The second-order valence-corrected chi connectivity index (χ2v) is 6.63. The number of benzene rings is 3. The third-order valence-electron chi connectivity index (χ3n) is 4.75. The third kappa shape index (κ3) is 3.45. The van der Waals surface area contributed by atoms with Gasteiger partial charge < -0.3 is 10.2 Å². The zero-order valence-corrected chi connectivity index (χ0v) is 14.8. The van der Waals surface area contributed by atoms with Crippen molar-refractivity contribution >= 4 is 11.6 Å². The van der Waals surface area contributed by atoms with Crippen molar-refractivity contribution < 1.29 is 18.0 Å². The Kier molecular flexibility index (Phi) is 4.55. The second-order valence-electron chi connectivity index (χ2n) is 6.63. The van der Waals surface area contributed by atoms with Gasteiger partial charge in [0, 0.05) is 23.4 Å². The summed E-state index contributed by atoms with van der Waals surface area (Å²) < 4.78 is 39.2. The summed E-state index contributed by atoms with van der Waals surface area (Å²) in [6, 6.07) is 21.7. The number of rotatable bonds is 4. The summed E-state index contributed by atoms with van der Waals surface area (Å²) in [5.41, 5.74) is 1.83. The minimum absolute atomic E-state index is 0.149. The highest BCUT2D eigenvalue weighted by molar-refractivity contribution is 5.99. The summed E-state index contributed by atoms with van der Waals surface area (Å²) >= 11 is 0. The van der Waals surface area contributed by atoms with Crippen molar-refractivity contribution in [1.82, 2.24) is 4.90 Å². The summed E-state index contributed by atoms with van der Waals surface area (Å²) in [4.78, 5) is 14.6. The zero-order valence-electron chi connectivity index (χ0n) is 14.8. The Hall–Kier alpha value is -3.28. The van der Waals surface area contributed by atoms with E-state index in [1.165, 1.54) is 6.07 Å². The minimum atomic E-state index is -4.43. The van der Waals surface area contributed by atoms with Crippen LogP contribution in [-0.4, -0.2) is 10.8 Å². The number of hydrogen-bond acceptors (Lipinski definition) is 2. The van der Waals surface area contributed by atoms with Gasteiger partial charge in [-0.2, -0.15) is 13.2 Å². The maximum Gasteiger partial charge on any atom is 0.416 e. The molecule has 0 radical (unpaired) electrons. The van der Waals surface area contributed by atoms with Gasteiger partial charge in [-0.3, -0.25) is 4.79 Å². The fourth-order valence-corrected chi connectivity index (χ4v) is 3.41. The maximum absolute atomic E-state index is 13.1. The Morgan fingerprint density at radius 2 is 1.61 bits per heavy atom. The number of hydrogen-bond donors (Lipinski definition) is 1. The Bertz CT molecular complexity index is 1000. The van der Waals surface area contributed by atoms with Gasteiger partial charge in [-0.1, -0.05) is 54.6 Å². The van der Waals surface area contributed by atoms with E-state index >= 15 is 0 Å². The number of anilines is 1. The average molecular weight is 382 g/mol. The van der Waals surface area contributed by atoms with Crippen LogP contribution in [-0.2, 0) is 12.7 Å². The summed E-state index contributed by atoms with van der Waals surface area (Å²) in [5.74, 6) is -0.149. The number of carbonyl (C=O) groups is 1. The molecule has 0 aliphatic carbocycles. The molecule has 1 amide bonds. The van der Waals surface area contributed by atoms with Gasteiger partial charge in [0.1, 0.15) is 6.17 Å². The van der Waals surface area contributed by atoms with Gasteiger partial charge in [-0.25, -0.2) is 0 Å². The number of amides is 1. The molecule has 1 aliphatic heterocycles. The quantitative estimate of drug-likeness (QED) is 0.649. The zero-order chi connectivity index (χ0) is 19.7. The molecule has 3 aromatic carbocycles. The van der Waals surface area contributed by atoms with Crippen LogP contribution in [0.3, 0.4) is 0 Å². The molecule has 0 saturated heterocycles. The van der Waals surface area contributed by atoms with Crippen LogP contribution in [0.4, 0.5) is 18.9 Å². The van der Waals surface area contributed by atoms with Crippen molar-refractivity contribution in [2.75, 3.05) is 5.32 Å². The van der Waals surface area contributed by atoms with Crippen LogP contribution in [0.1, 0.15) is 33.2 Å². The van der Waals surface area contributed by atoms with Gasteiger partial charge in [-0.15, -0.1) is 0 Å².